The molecule has 3 aromatic carbocycles. The number of nitrogens with zero attached hydrogens (tertiary/aromatic N) is 1. The summed E-state index contributed by atoms with van der Waals surface area (Å²) < 4.78 is 92.5. The van der Waals surface area contributed by atoms with Gasteiger partial charge in [0, 0.05) is 53.9 Å². The van der Waals surface area contributed by atoms with Gasteiger partial charge in [-0.3, -0.25) is 24.0 Å². The molecule has 118 heavy (non-hydrogen) atoms. The zero-order valence-corrected chi connectivity index (χ0v) is 83.8. The van der Waals surface area contributed by atoms with Crippen molar-refractivity contribution in [1.29, 1.82) is 0 Å². The highest BCUT2D eigenvalue weighted by Crippen LogP contribution is 2.32. The average molecular weight is 1780 g/mol. The van der Waals surface area contributed by atoms with Crippen LogP contribution in [-0.4, -0.2) is 224 Å². The normalized spacial score (nSPS) is 11.8. The van der Waals surface area contributed by atoms with E-state index in [4.69, 9.17) is 107 Å². The summed E-state index contributed by atoms with van der Waals surface area (Å²) in [4.78, 5) is 58.4. The number of hydrogen-bond acceptors (Lipinski definition) is 23. The Labute approximate surface area is 728 Å². The first-order valence-electron chi connectivity index (χ1n) is 42.0. The molecule has 0 saturated carbocycles. The van der Waals surface area contributed by atoms with E-state index in [9.17, 15) is 24.0 Å². The van der Waals surface area contributed by atoms with Crippen molar-refractivity contribution in [2.45, 2.75) is 265 Å². The third kappa shape index (κ3) is 72.0. The van der Waals surface area contributed by atoms with Crippen LogP contribution in [-0.2, 0) is 102 Å². The van der Waals surface area contributed by atoms with E-state index in [2.05, 4.69) is 128 Å². The number of benzene rings is 3. The fourth-order valence-corrected chi connectivity index (χ4v) is 21.3. The van der Waals surface area contributed by atoms with E-state index < -0.39 is 69.1 Å². The number of allylic oxidation sites excluding steroid dienone is 1. The maximum absolute atomic E-state index is 11.7. The topological polar surface area (TPSA) is 266 Å². The fraction of sp³-hybridized carbons (Fsp3) is 0.716. The Morgan fingerprint density at radius 1 is 0.449 bits per heavy atom. The van der Waals surface area contributed by atoms with E-state index in [1.54, 1.807) is 21.0 Å². The Morgan fingerprint density at radius 2 is 0.822 bits per heavy atom. The van der Waals surface area contributed by atoms with E-state index in [1.165, 1.54) is 5.56 Å². The van der Waals surface area contributed by atoms with Gasteiger partial charge in [-0.15, -0.1) is 0 Å². The van der Waals surface area contributed by atoms with Crippen molar-refractivity contribution in [3.63, 3.8) is 0 Å². The number of hydrogen-bond donors (Lipinski definition) is 1. The Hall–Kier alpha value is -4.52. The Morgan fingerprint density at radius 3 is 1.16 bits per heavy atom. The average Bonchev–Trinajstić information content (AvgIpc) is 0.800. The first kappa shape index (κ1) is 120. The second-order valence-corrected chi connectivity index (χ2v) is 49.9. The van der Waals surface area contributed by atoms with Gasteiger partial charge in [0.2, 0.25) is 0 Å². The maximum atomic E-state index is 11.7. The van der Waals surface area contributed by atoms with E-state index in [0.717, 1.165) is 34.3 Å². The molecule has 0 aliphatic heterocycles. The number of anilines is 2. The van der Waals surface area contributed by atoms with Gasteiger partial charge in [0.15, 0.2) is 25.0 Å². The van der Waals surface area contributed by atoms with Crippen LogP contribution in [0, 0.1) is 23.7 Å². The molecule has 0 heterocycles. The number of halogens is 2. The number of ether oxygens (including phenoxy) is 13. The summed E-state index contributed by atoms with van der Waals surface area (Å²) in [5.41, 5.74) is 2.53. The molecule has 0 spiro atoms. The number of carbonyl (C=O) groups excluding carboxylic acids is 4. The highest BCUT2D eigenvalue weighted by molar-refractivity contribution is 6.87. The van der Waals surface area contributed by atoms with Crippen molar-refractivity contribution >= 4 is 104 Å². The molecule has 0 unspecified atom stereocenters. The Kier molecular flexibility index (Phi) is 70.9. The summed E-state index contributed by atoms with van der Waals surface area (Å²) in [6.45, 7) is 68.6. The lowest BCUT2D eigenvalue weighted by atomic mass is 9.85. The largest absolute Gasteiger partial charge is 0.647 e. The predicted molar refractivity (Wildman–Crippen MR) is 488 cm³/mol. The van der Waals surface area contributed by atoms with Gasteiger partial charge in [-0.2, -0.15) is 0 Å². The number of carbonyl (C=O) groups is 5. The molecule has 0 amide bonds. The number of carboxylic acids is 1. The van der Waals surface area contributed by atoms with Gasteiger partial charge < -0.3 is 88.4 Å². The molecule has 0 aliphatic carbocycles. The standard InChI is InChI=1S/C18H34O7.C15H15Cl2N.C12H24O5.C12H34O4Si4.C12H22O4.C11H14.C8H18O3/c1-6-21-9-10-22-11-12-23-13-14-24-16(19)7-8-17(20)25-18(4,5)15(2)3;1-11(2)18(14-7-3-12(16)4-8-14)15-9-5-13(17)6-10-15;1-4-14-5-6-15-7-8-16-9-10-17-12(13)11(2)3;1-12(2)13-20(14-17(3,4)5,15-18(6,7)8)16-19(9,10)11;1-5-12(6-2,9(3)4)16-11(15)8-7-10(13)14;1-10(2)8-9-11-6-4-3-5-7-11;1-8(2)11-7-6-10-5-4-9-3/h15H,6-14H2,1-5H3;3-11H,1-2H3;11H,4-10H2,1-3H3;12H,1-11H3;9H,5-8H2,1-4H3,(H,13,14);3-10H,1-2H3;8H,4-7H2,1-3H3/b;;;;;9-8+;. The second kappa shape index (κ2) is 69.8. The van der Waals surface area contributed by atoms with Gasteiger partial charge in [0.1, 0.15) is 24.4 Å². The van der Waals surface area contributed by atoms with Gasteiger partial charge >= 0.3 is 38.9 Å². The number of methoxy groups -OCH3 is 1. The van der Waals surface area contributed by atoms with Crippen LogP contribution in [0.1, 0.15) is 183 Å². The SMILES string of the molecule is CC(C)/C=C/c1ccccc1.CC(C)N(c1ccc(Cl)cc1)c1ccc(Cl)cc1.CC(C)O[Si](O[Si](C)(C)C)(O[Si](C)(C)C)O[Si](C)(C)C.CCC(CC)(OC(=O)CCC(=O)O)C(C)C.CCOCCOCCOCCOC(=O)C(C)C.CCOCCOCCOCCOC(=O)CCC(=O)OC(C)(C)C(C)C.COCCOCCOC(C)C. The van der Waals surface area contributed by atoms with Crippen molar-refractivity contribution in [1.82, 2.24) is 0 Å². The summed E-state index contributed by atoms with van der Waals surface area (Å²) in [5.74, 6) is -1.43. The number of rotatable bonds is 53. The minimum absolute atomic E-state index is 0.00749. The zero-order chi connectivity index (χ0) is 91.0. The minimum Gasteiger partial charge on any atom is -0.481 e. The minimum atomic E-state index is -3.08. The van der Waals surface area contributed by atoms with E-state index >= 15 is 0 Å². The van der Waals surface area contributed by atoms with Gasteiger partial charge in [-0.05, 0) is 213 Å². The fourth-order valence-electron chi connectivity index (χ4n) is 9.26. The molecule has 0 atom stereocenters. The zero-order valence-electron chi connectivity index (χ0n) is 78.3. The summed E-state index contributed by atoms with van der Waals surface area (Å²) in [6, 6.07) is 26.4. The third-order valence-electron chi connectivity index (χ3n) is 15.7. The summed E-state index contributed by atoms with van der Waals surface area (Å²) >= 11 is 11.9. The van der Waals surface area contributed by atoms with Crippen LogP contribution in [0.25, 0.3) is 6.08 Å². The molecule has 0 aliphatic rings. The highest BCUT2D eigenvalue weighted by atomic mass is 35.5. The van der Waals surface area contributed by atoms with Crippen LogP contribution in [0.5, 0.6) is 0 Å². The third-order valence-corrected chi connectivity index (χ3v) is 27.3. The smallest absolute Gasteiger partial charge is 0.481 e. The molecule has 1 N–H and O–H groups in total. The van der Waals surface area contributed by atoms with Crippen molar-refractivity contribution in [3.8, 4) is 0 Å². The molecular weight excluding hydrogens is 1620 g/mol. The Bertz CT molecular complexity index is 2900. The van der Waals surface area contributed by atoms with Crippen molar-refractivity contribution in [3.05, 3.63) is 101 Å². The summed E-state index contributed by atoms with van der Waals surface area (Å²) in [5, 5.41) is 9.97. The van der Waals surface area contributed by atoms with Crippen LogP contribution < -0.4 is 4.90 Å². The van der Waals surface area contributed by atoms with Crippen LogP contribution in [0.2, 0.25) is 69.0 Å². The predicted octanol–water partition coefficient (Wildman–Crippen LogP) is 20.6. The first-order valence-corrected chi connectivity index (χ1v) is 54.6. The van der Waals surface area contributed by atoms with Crippen molar-refractivity contribution < 1.29 is 107 Å². The molecular formula is C88H161Cl2NO23Si4. The lowest BCUT2D eigenvalue weighted by molar-refractivity contribution is -0.167. The van der Waals surface area contributed by atoms with Gasteiger partial charge in [-0.1, -0.05) is 135 Å². The lowest BCUT2D eigenvalue weighted by Crippen LogP contribution is -2.63. The van der Waals surface area contributed by atoms with E-state index in [1.807, 2.05) is 152 Å². The Balaban J connectivity index is -0.000000652. The van der Waals surface area contributed by atoms with E-state index in [-0.39, 0.29) is 62.1 Å². The van der Waals surface area contributed by atoms with Gasteiger partial charge in [0.25, 0.3) is 0 Å². The molecule has 0 radical (unpaired) electrons. The molecule has 0 saturated heterocycles. The van der Waals surface area contributed by atoms with Crippen molar-refractivity contribution in [2.75, 3.05) is 131 Å². The van der Waals surface area contributed by atoms with Crippen LogP contribution in [0.3, 0.4) is 0 Å². The highest BCUT2D eigenvalue weighted by Gasteiger charge is 2.54. The monoisotopic (exact) mass is 1780 g/mol. The molecule has 30 heteroatoms. The van der Waals surface area contributed by atoms with E-state index in [0.29, 0.717) is 130 Å². The van der Waals surface area contributed by atoms with Crippen LogP contribution in [0.15, 0.2) is 84.9 Å². The number of aliphatic carboxylic acids is 1. The molecule has 0 aromatic heterocycles. The molecule has 3 rings (SSSR count). The maximum Gasteiger partial charge on any atom is 0.647 e. The lowest BCUT2D eigenvalue weighted by Gasteiger charge is -2.41. The number of esters is 4. The molecule has 0 bridgehead atoms. The molecule has 24 nitrogen and oxygen atoms in total. The van der Waals surface area contributed by atoms with Gasteiger partial charge in [-0.25, -0.2) is 0 Å². The van der Waals surface area contributed by atoms with Crippen molar-refractivity contribution in [2.24, 2.45) is 23.7 Å². The molecule has 686 valence electrons. The van der Waals surface area contributed by atoms with Gasteiger partial charge in [0.05, 0.1) is 130 Å². The first-order chi connectivity index (χ1) is 55.0. The second-order valence-electron chi connectivity index (χ2n) is 32.7. The summed E-state index contributed by atoms with van der Waals surface area (Å²) in [6.07, 6.45) is 5.99. The molecule has 0 fully saturated rings. The quantitative estimate of drug-likeness (QED) is 0.0238. The van der Waals surface area contributed by atoms with Crippen LogP contribution >= 0.6 is 23.2 Å². The van der Waals surface area contributed by atoms with Crippen LogP contribution in [0.4, 0.5) is 11.4 Å². The number of carboxylic acid groups (broad SMARTS) is 1. The summed E-state index contributed by atoms with van der Waals surface area (Å²) in [7, 11) is -6.90. The molecule has 3 aromatic rings.